The number of hydrogen-bond acceptors (Lipinski definition) is 1. The Morgan fingerprint density at radius 3 is 1.36 bits per heavy atom. The lowest BCUT2D eigenvalue weighted by Gasteiger charge is -2.23. The Kier molecular flexibility index (Phi) is 9.40. The maximum atomic E-state index is 5.27. The Labute approximate surface area is 241 Å². The highest BCUT2D eigenvalue weighted by Crippen LogP contribution is 2.33. The third kappa shape index (κ3) is 6.33. The maximum absolute atomic E-state index is 5.27. The van der Waals surface area contributed by atoms with Gasteiger partial charge in [-0.2, -0.15) is 0 Å². The first-order chi connectivity index (χ1) is 18.7. The highest BCUT2D eigenvalue weighted by molar-refractivity contribution is 6.43. The van der Waals surface area contributed by atoms with E-state index in [1.807, 2.05) is 18.2 Å². The summed E-state index contributed by atoms with van der Waals surface area (Å²) in [5.41, 5.74) is 9.84. The first-order valence-electron chi connectivity index (χ1n) is 14.2. The number of benzene rings is 3. The number of aromatic nitrogens is 2. The van der Waals surface area contributed by atoms with Crippen LogP contribution in [0.1, 0.15) is 107 Å². The lowest BCUT2D eigenvalue weighted by atomic mass is 9.92. The second kappa shape index (κ2) is 12.7. The van der Waals surface area contributed by atoms with Gasteiger partial charge in [-0.1, -0.05) is 110 Å². The van der Waals surface area contributed by atoms with E-state index in [0.717, 1.165) is 11.2 Å². The standard InChI is InChI=1S/C27H36N3.C8H5.Al/c1-17(2)21-11-9-12-22(18(3)4)25(21)29-15-16-30(27(29)28)26-23(19(5)6)13-10-14-24(26)20(7)8;1-2-8-6-4-3-5-7-8;/h9-20H,1-8H3;3-7H;/q-1;;. The third-order valence-electron chi connectivity index (χ3n) is 7.20. The summed E-state index contributed by atoms with van der Waals surface area (Å²) in [5.74, 6) is 4.88. The van der Waals surface area contributed by atoms with Gasteiger partial charge in [0.05, 0.1) is 11.4 Å². The van der Waals surface area contributed by atoms with Crippen LogP contribution in [-0.4, -0.2) is 24.6 Å². The van der Waals surface area contributed by atoms with Gasteiger partial charge in [0, 0.05) is 33.4 Å². The van der Waals surface area contributed by atoms with Crippen molar-refractivity contribution in [1.82, 2.24) is 9.13 Å². The number of hydrogen-bond donors (Lipinski definition) is 0. The van der Waals surface area contributed by atoms with Crippen LogP contribution in [0, 0.1) is 10.7 Å². The average Bonchev–Trinajstić information content (AvgIpc) is 3.33. The molecule has 3 nitrogen and oxygen atoms in total. The molecular formula is C35H41AlN3-. The van der Waals surface area contributed by atoms with Gasteiger partial charge in [0.25, 0.3) is 0 Å². The molecule has 0 N–H and O–H groups in total. The smallest absolute Gasteiger partial charge is 0.151 e. The van der Waals surface area contributed by atoms with E-state index in [1.165, 1.54) is 33.6 Å². The molecule has 2 radical (unpaired) electrons. The fourth-order valence-corrected chi connectivity index (χ4v) is 5.82. The van der Waals surface area contributed by atoms with Crippen LogP contribution in [-0.2, 0) is 0 Å². The Hall–Kier alpha value is -3.24. The molecule has 1 aromatic heterocycles. The molecule has 4 aromatic rings. The van der Waals surface area contributed by atoms with Gasteiger partial charge >= 0.3 is 0 Å². The molecule has 0 unspecified atom stereocenters. The quantitative estimate of drug-likeness (QED) is 0.169. The second-order valence-corrected chi connectivity index (χ2v) is 12.2. The van der Waals surface area contributed by atoms with Gasteiger partial charge in [-0.15, -0.1) is 5.92 Å². The van der Waals surface area contributed by atoms with Crippen molar-refractivity contribution in [1.29, 1.82) is 0 Å². The van der Waals surface area contributed by atoms with Crippen molar-refractivity contribution >= 4 is 15.4 Å². The molecule has 4 heteroatoms. The Morgan fingerprint density at radius 1 is 0.564 bits per heavy atom. The maximum Gasteiger partial charge on any atom is 0.151 e. The van der Waals surface area contributed by atoms with Crippen molar-refractivity contribution in [2.75, 3.05) is 0 Å². The van der Waals surface area contributed by atoms with Gasteiger partial charge in [0.1, 0.15) is 0 Å². The fraction of sp³-hybridized carbons (Fsp3) is 0.343. The normalized spacial score (nSPS) is 11.4. The van der Waals surface area contributed by atoms with Crippen LogP contribution in [0.5, 0.6) is 0 Å². The molecular weight excluding hydrogens is 489 g/mol. The van der Waals surface area contributed by atoms with Gasteiger partial charge in [-0.3, -0.25) is 9.13 Å². The molecule has 0 atom stereocenters. The van der Waals surface area contributed by atoms with Crippen LogP contribution in [0.2, 0.25) is 0 Å². The summed E-state index contributed by atoms with van der Waals surface area (Å²) in [5, 5.41) is 0. The molecule has 0 saturated heterocycles. The minimum atomic E-state index is -0.468. The molecule has 0 aliphatic carbocycles. The van der Waals surface area contributed by atoms with Crippen LogP contribution < -0.4 is 5.62 Å². The number of nitrogens with zero attached hydrogens (tertiary/aromatic N) is 3. The third-order valence-corrected chi connectivity index (χ3v) is 7.83. The number of rotatable bonds is 7. The Morgan fingerprint density at radius 2 is 0.974 bits per heavy atom. The van der Waals surface area contributed by atoms with E-state index >= 15 is 0 Å². The fourth-order valence-electron chi connectivity index (χ4n) is 5.16. The zero-order chi connectivity index (χ0) is 28.1. The molecule has 0 spiro atoms. The van der Waals surface area contributed by atoms with Crippen LogP contribution >= 0.6 is 0 Å². The first-order valence-corrected chi connectivity index (χ1v) is 15.3. The molecule has 4 rings (SSSR count). The lowest BCUT2D eigenvalue weighted by molar-refractivity contribution is 0.765. The van der Waals surface area contributed by atoms with Crippen molar-refractivity contribution in [3.63, 3.8) is 0 Å². The molecule has 1 heterocycles. The summed E-state index contributed by atoms with van der Waals surface area (Å²) in [4.78, 5) is 3.39. The van der Waals surface area contributed by atoms with Crippen molar-refractivity contribution in [3.05, 3.63) is 113 Å². The van der Waals surface area contributed by atoms with Crippen LogP contribution in [0.15, 0.2) is 83.1 Å². The largest absolute Gasteiger partial charge is 0.580 e. The topological polar surface area (TPSA) is 22.2 Å². The van der Waals surface area contributed by atoms with Crippen LogP contribution in [0.25, 0.3) is 11.4 Å². The lowest BCUT2D eigenvalue weighted by Crippen LogP contribution is -2.28. The molecule has 0 amide bonds. The van der Waals surface area contributed by atoms with Gasteiger partial charge in [0.2, 0.25) is 0 Å². The molecule has 0 aliphatic rings. The van der Waals surface area contributed by atoms with Crippen molar-refractivity contribution < 1.29 is 0 Å². The summed E-state index contributed by atoms with van der Waals surface area (Å²) >= 11 is -0.468. The van der Waals surface area contributed by atoms with E-state index in [0.29, 0.717) is 23.7 Å². The summed E-state index contributed by atoms with van der Waals surface area (Å²) in [7, 11) is 0. The van der Waals surface area contributed by atoms with E-state index in [-0.39, 0.29) is 0 Å². The number of para-hydroxylation sites is 2. The second-order valence-electron chi connectivity index (χ2n) is 11.4. The molecule has 0 bridgehead atoms. The monoisotopic (exact) mass is 530 g/mol. The van der Waals surface area contributed by atoms with Gasteiger partial charge < -0.3 is 8.76 Å². The average molecular weight is 531 g/mol. The van der Waals surface area contributed by atoms with E-state index in [2.05, 4.69) is 136 Å². The predicted molar refractivity (Wildman–Crippen MR) is 166 cm³/mol. The van der Waals surface area contributed by atoms with Gasteiger partial charge in [0.15, 0.2) is 5.62 Å². The Bertz CT molecular complexity index is 1400. The molecule has 39 heavy (non-hydrogen) atoms. The zero-order valence-corrected chi connectivity index (χ0v) is 25.9. The predicted octanol–water partition coefficient (Wildman–Crippen LogP) is 8.29. The van der Waals surface area contributed by atoms with Crippen molar-refractivity contribution in [2.24, 2.45) is 3.98 Å². The Balaban J connectivity index is 2.03. The molecule has 200 valence electrons. The summed E-state index contributed by atoms with van der Waals surface area (Å²) in [6.07, 6.45) is 4.41. The summed E-state index contributed by atoms with van der Waals surface area (Å²) < 4.78 is 9.92. The SMILES string of the molecule is CC(C)c1cccc(C(C)C)c1-n1ccn(-c2c(C(C)C)cccc2C(C)C)c1=[N][Al-][C]#Cc1ccccc1. The van der Waals surface area contributed by atoms with Gasteiger partial charge in [-0.25, -0.2) is 0 Å². The molecule has 3 aromatic carbocycles. The highest BCUT2D eigenvalue weighted by atomic mass is 27.1. The minimum Gasteiger partial charge on any atom is -0.580 e. The number of imidazole rings is 1. The molecule has 0 saturated carbocycles. The van der Waals surface area contributed by atoms with Crippen molar-refractivity contribution in [2.45, 2.75) is 79.1 Å². The molecule has 0 fully saturated rings. The summed E-state index contributed by atoms with van der Waals surface area (Å²) in [6.45, 7) is 18.2. The van der Waals surface area contributed by atoms with E-state index in [1.54, 1.807) is 0 Å². The van der Waals surface area contributed by atoms with E-state index in [4.69, 9.17) is 3.98 Å². The van der Waals surface area contributed by atoms with E-state index < -0.39 is 15.4 Å². The van der Waals surface area contributed by atoms with E-state index in [9.17, 15) is 0 Å². The van der Waals surface area contributed by atoms with Gasteiger partial charge in [-0.05, 0) is 58.1 Å². The zero-order valence-electron chi connectivity index (χ0n) is 24.7. The van der Waals surface area contributed by atoms with Crippen molar-refractivity contribution in [3.8, 4) is 22.1 Å². The molecule has 0 aliphatic heterocycles. The first kappa shape index (κ1) is 28.8. The highest BCUT2D eigenvalue weighted by Gasteiger charge is 2.20. The van der Waals surface area contributed by atoms with Crippen LogP contribution in [0.4, 0.5) is 0 Å². The minimum absolute atomic E-state index is 0.391. The summed E-state index contributed by atoms with van der Waals surface area (Å²) in [6, 6.07) is 23.7. The van der Waals surface area contributed by atoms with Crippen LogP contribution in [0.3, 0.4) is 0 Å².